The van der Waals surface area contributed by atoms with Crippen molar-refractivity contribution in [2.45, 2.75) is 18.8 Å². The van der Waals surface area contributed by atoms with Crippen LogP contribution in [-0.4, -0.2) is 16.6 Å². The lowest BCUT2D eigenvalue weighted by Crippen LogP contribution is -2.32. The van der Waals surface area contributed by atoms with E-state index in [0.717, 1.165) is 5.56 Å². The summed E-state index contributed by atoms with van der Waals surface area (Å²) in [7, 11) is 0. The second-order valence-corrected chi connectivity index (χ2v) is 4.91. The third-order valence-electron chi connectivity index (χ3n) is 3.51. The van der Waals surface area contributed by atoms with Crippen LogP contribution in [0.3, 0.4) is 0 Å². The number of fused-ring (bicyclic) bond motifs is 1. The summed E-state index contributed by atoms with van der Waals surface area (Å²) in [4.78, 5) is 27.2. The summed E-state index contributed by atoms with van der Waals surface area (Å²) in [6, 6.07) is 4.31. The van der Waals surface area contributed by atoms with E-state index in [-0.39, 0.29) is 18.1 Å². The van der Waals surface area contributed by atoms with Gasteiger partial charge in [-0.25, -0.2) is 8.78 Å². The lowest BCUT2D eigenvalue weighted by atomic mass is 9.93. The lowest BCUT2D eigenvalue weighted by Gasteiger charge is -2.25. The Morgan fingerprint density at radius 3 is 2.76 bits per heavy atom. The number of hydrogen-bond acceptors (Lipinski definition) is 3. The van der Waals surface area contributed by atoms with Gasteiger partial charge in [0, 0.05) is 23.4 Å². The van der Waals surface area contributed by atoms with Crippen LogP contribution >= 0.6 is 0 Å². The first kappa shape index (κ1) is 13.5. The van der Waals surface area contributed by atoms with Crippen molar-refractivity contribution in [3.8, 4) is 5.75 Å². The highest BCUT2D eigenvalue weighted by Crippen LogP contribution is 2.34. The molecule has 1 aromatic carbocycles. The Bertz CT molecular complexity index is 782. The molecule has 0 bridgehead atoms. The Morgan fingerprint density at radius 1 is 1.24 bits per heavy atom. The Labute approximate surface area is 117 Å². The zero-order valence-electron chi connectivity index (χ0n) is 10.9. The number of hydrogen-bond donors (Lipinski definition) is 2. The highest BCUT2D eigenvalue weighted by Gasteiger charge is 2.23. The number of nitrogens with one attached hydrogen (secondary N) is 2. The molecule has 1 aliphatic rings. The largest absolute Gasteiger partial charge is 0.493 e. The fraction of sp³-hybridized carbons (Fsp3) is 0.286. The Balaban J connectivity index is 1.89. The number of alkyl halides is 2. The maximum absolute atomic E-state index is 12.6. The van der Waals surface area contributed by atoms with Gasteiger partial charge < -0.3 is 14.7 Å². The molecule has 0 fully saturated rings. The minimum absolute atomic E-state index is 0.0790. The standard InChI is InChI=1S/C14H12F2N2O3/c15-12(16)8-2-1-7-3-9(6-21-11(7)4-8)10-5-17-13(19)14(20)18-10/h1-2,4-5,9,12H,3,6H2,(H,17,19)(H,18,20). The average molecular weight is 294 g/mol. The second-order valence-electron chi connectivity index (χ2n) is 4.91. The van der Waals surface area contributed by atoms with E-state index in [9.17, 15) is 18.4 Å². The molecule has 0 saturated heterocycles. The normalized spacial score (nSPS) is 17.4. The highest BCUT2D eigenvalue weighted by molar-refractivity contribution is 5.40. The van der Waals surface area contributed by atoms with E-state index in [1.165, 1.54) is 18.3 Å². The summed E-state index contributed by atoms with van der Waals surface area (Å²) in [5, 5.41) is 0. The summed E-state index contributed by atoms with van der Waals surface area (Å²) in [5.74, 6) is 0.301. The van der Waals surface area contributed by atoms with Crippen LogP contribution in [-0.2, 0) is 6.42 Å². The van der Waals surface area contributed by atoms with E-state index in [4.69, 9.17) is 4.74 Å². The van der Waals surface area contributed by atoms with E-state index in [2.05, 4.69) is 9.97 Å². The highest BCUT2D eigenvalue weighted by atomic mass is 19.3. The molecule has 1 aliphatic heterocycles. The van der Waals surface area contributed by atoms with Crippen LogP contribution in [0.15, 0.2) is 34.0 Å². The van der Waals surface area contributed by atoms with Gasteiger partial charge in [-0.15, -0.1) is 0 Å². The first-order valence-electron chi connectivity index (χ1n) is 6.40. The summed E-state index contributed by atoms with van der Waals surface area (Å²) < 4.78 is 30.8. The second kappa shape index (κ2) is 5.16. The molecule has 1 atom stereocenters. The van der Waals surface area contributed by atoms with E-state index >= 15 is 0 Å². The van der Waals surface area contributed by atoms with E-state index < -0.39 is 17.5 Å². The maximum atomic E-state index is 12.6. The zero-order chi connectivity index (χ0) is 15.0. The van der Waals surface area contributed by atoms with Crippen molar-refractivity contribution in [2.24, 2.45) is 0 Å². The molecule has 110 valence electrons. The lowest BCUT2D eigenvalue weighted by molar-refractivity contribution is 0.150. The molecular weight excluding hydrogens is 282 g/mol. The van der Waals surface area contributed by atoms with Gasteiger partial charge in [-0.2, -0.15) is 0 Å². The van der Waals surface area contributed by atoms with Crippen molar-refractivity contribution < 1.29 is 13.5 Å². The molecule has 5 nitrogen and oxygen atoms in total. The van der Waals surface area contributed by atoms with Crippen molar-refractivity contribution >= 4 is 0 Å². The van der Waals surface area contributed by atoms with Gasteiger partial charge in [-0.3, -0.25) is 9.59 Å². The Hall–Kier alpha value is -2.44. The quantitative estimate of drug-likeness (QED) is 0.828. The van der Waals surface area contributed by atoms with Crippen LogP contribution < -0.4 is 15.9 Å². The molecule has 2 N–H and O–H groups in total. The molecular formula is C14H12F2N2O3. The molecule has 1 unspecified atom stereocenters. The summed E-state index contributed by atoms with van der Waals surface area (Å²) in [5.41, 5.74) is -0.153. The van der Waals surface area contributed by atoms with Crippen molar-refractivity contribution in [3.63, 3.8) is 0 Å². The summed E-state index contributed by atoms with van der Waals surface area (Å²) in [6.45, 7) is 0.252. The SMILES string of the molecule is O=c1[nH]cc(C2COc3cc(C(F)F)ccc3C2)[nH]c1=O. The van der Waals surface area contributed by atoms with Gasteiger partial charge in [-0.1, -0.05) is 12.1 Å². The predicted molar refractivity (Wildman–Crippen MR) is 71.0 cm³/mol. The van der Waals surface area contributed by atoms with Gasteiger partial charge in [0.1, 0.15) is 5.75 Å². The molecule has 2 heterocycles. The number of ether oxygens (including phenoxy) is 1. The van der Waals surface area contributed by atoms with Crippen LogP contribution in [0.25, 0.3) is 0 Å². The van der Waals surface area contributed by atoms with Gasteiger partial charge in [0.15, 0.2) is 0 Å². The van der Waals surface area contributed by atoms with Gasteiger partial charge >= 0.3 is 11.1 Å². The zero-order valence-corrected chi connectivity index (χ0v) is 10.9. The number of halogens is 2. The number of aromatic amines is 2. The van der Waals surface area contributed by atoms with Crippen LogP contribution in [0.1, 0.15) is 29.2 Å². The van der Waals surface area contributed by atoms with Crippen molar-refractivity contribution in [3.05, 3.63) is 61.9 Å². The molecule has 3 rings (SSSR count). The van der Waals surface area contributed by atoms with Crippen LogP contribution in [0.4, 0.5) is 8.78 Å². The number of aromatic nitrogens is 2. The minimum Gasteiger partial charge on any atom is -0.493 e. The van der Waals surface area contributed by atoms with Gasteiger partial charge in [0.25, 0.3) is 6.43 Å². The smallest absolute Gasteiger partial charge is 0.313 e. The topological polar surface area (TPSA) is 75.0 Å². The minimum atomic E-state index is -2.54. The first-order chi connectivity index (χ1) is 10.0. The van der Waals surface area contributed by atoms with Crippen LogP contribution in [0, 0.1) is 0 Å². The molecule has 0 spiro atoms. The third-order valence-corrected chi connectivity index (χ3v) is 3.51. The predicted octanol–water partition coefficient (Wildman–Crippen LogP) is 1.72. The number of benzene rings is 1. The third kappa shape index (κ3) is 2.58. The molecule has 2 aromatic rings. The molecule has 0 saturated carbocycles. The Morgan fingerprint density at radius 2 is 2.05 bits per heavy atom. The van der Waals surface area contributed by atoms with Crippen LogP contribution in [0.2, 0.25) is 0 Å². The molecule has 0 amide bonds. The van der Waals surface area contributed by atoms with Crippen molar-refractivity contribution in [1.29, 1.82) is 0 Å². The molecule has 0 radical (unpaired) electrons. The average Bonchev–Trinajstić information content (AvgIpc) is 2.49. The molecule has 0 aliphatic carbocycles. The van der Waals surface area contributed by atoms with E-state index in [0.29, 0.717) is 17.9 Å². The Kier molecular flexibility index (Phi) is 3.32. The number of rotatable bonds is 2. The van der Waals surface area contributed by atoms with E-state index in [1.807, 2.05) is 0 Å². The monoisotopic (exact) mass is 294 g/mol. The van der Waals surface area contributed by atoms with E-state index in [1.54, 1.807) is 6.07 Å². The first-order valence-corrected chi connectivity index (χ1v) is 6.40. The molecule has 21 heavy (non-hydrogen) atoms. The summed E-state index contributed by atoms with van der Waals surface area (Å²) in [6.07, 6.45) is -0.552. The van der Waals surface area contributed by atoms with Gasteiger partial charge in [-0.05, 0) is 18.1 Å². The molecule has 7 heteroatoms. The van der Waals surface area contributed by atoms with Gasteiger partial charge in [0.05, 0.1) is 6.61 Å². The number of H-pyrrole nitrogens is 2. The molecule has 1 aromatic heterocycles. The fourth-order valence-electron chi connectivity index (χ4n) is 2.38. The maximum Gasteiger partial charge on any atom is 0.313 e. The van der Waals surface area contributed by atoms with Crippen molar-refractivity contribution in [1.82, 2.24) is 9.97 Å². The fourth-order valence-corrected chi connectivity index (χ4v) is 2.38. The van der Waals surface area contributed by atoms with Crippen molar-refractivity contribution in [2.75, 3.05) is 6.61 Å². The van der Waals surface area contributed by atoms with Gasteiger partial charge in [0.2, 0.25) is 0 Å². The van der Waals surface area contributed by atoms with Crippen LogP contribution in [0.5, 0.6) is 5.75 Å². The summed E-state index contributed by atoms with van der Waals surface area (Å²) >= 11 is 0.